The molecule has 1 unspecified atom stereocenters. The van der Waals surface area contributed by atoms with Crippen molar-refractivity contribution in [1.29, 1.82) is 5.26 Å². The average Bonchev–Trinajstić information content (AvgIpc) is 2.56. The second kappa shape index (κ2) is 6.84. The van der Waals surface area contributed by atoms with Crippen LogP contribution < -0.4 is 5.32 Å². The normalized spacial score (nSPS) is 16.1. The van der Waals surface area contributed by atoms with E-state index in [-0.39, 0.29) is 5.91 Å². The van der Waals surface area contributed by atoms with Gasteiger partial charge in [0.15, 0.2) is 0 Å². The molecule has 1 aliphatic rings. The molecule has 0 fully saturated rings. The molecule has 24 heavy (non-hydrogen) atoms. The molecule has 3 nitrogen and oxygen atoms in total. The van der Waals surface area contributed by atoms with Crippen molar-refractivity contribution in [3.8, 4) is 6.07 Å². The van der Waals surface area contributed by atoms with Crippen molar-refractivity contribution >= 4 is 34.5 Å². The van der Waals surface area contributed by atoms with Crippen LogP contribution in [-0.2, 0) is 12.8 Å². The predicted molar refractivity (Wildman–Crippen MR) is 100 cm³/mol. The zero-order valence-corrected chi connectivity index (χ0v) is 15.3. The van der Waals surface area contributed by atoms with Crippen LogP contribution in [0.1, 0.15) is 46.0 Å². The first-order valence-electron chi connectivity index (χ1n) is 7.96. The Bertz CT molecular complexity index is 891. The number of hydrogen-bond donors (Lipinski definition) is 1. The number of carbonyl (C=O) groups is 1. The minimum atomic E-state index is -0.207. The summed E-state index contributed by atoms with van der Waals surface area (Å²) in [7, 11) is 0. The molecule has 1 aromatic carbocycles. The van der Waals surface area contributed by atoms with E-state index < -0.39 is 0 Å². The van der Waals surface area contributed by atoms with E-state index in [4.69, 9.17) is 12.2 Å². The zero-order valence-electron chi connectivity index (χ0n) is 13.7. The Morgan fingerprint density at radius 3 is 2.71 bits per heavy atom. The van der Waals surface area contributed by atoms with Gasteiger partial charge in [-0.25, -0.2) is 0 Å². The SMILES string of the molecule is Cc1ccc(C(=O)Nc2sc(=S)c3c(c2C#N)CCC(C)C3)cc1. The summed E-state index contributed by atoms with van der Waals surface area (Å²) in [6.07, 6.45) is 2.83. The minimum Gasteiger partial charge on any atom is -0.312 e. The van der Waals surface area contributed by atoms with Crippen LogP contribution in [-0.4, -0.2) is 5.91 Å². The first-order valence-corrected chi connectivity index (χ1v) is 9.19. The van der Waals surface area contributed by atoms with E-state index in [0.717, 1.165) is 39.8 Å². The number of anilines is 1. The van der Waals surface area contributed by atoms with Crippen molar-refractivity contribution in [2.75, 3.05) is 5.32 Å². The molecule has 3 rings (SSSR count). The summed E-state index contributed by atoms with van der Waals surface area (Å²) < 4.78 is 0.787. The van der Waals surface area contributed by atoms with Crippen molar-refractivity contribution in [3.63, 3.8) is 0 Å². The maximum atomic E-state index is 12.5. The Morgan fingerprint density at radius 2 is 2.04 bits per heavy atom. The summed E-state index contributed by atoms with van der Waals surface area (Å²) in [5.74, 6) is 0.382. The largest absolute Gasteiger partial charge is 0.312 e. The highest BCUT2D eigenvalue weighted by molar-refractivity contribution is 7.73. The number of benzene rings is 1. The Balaban J connectivity index is 1.98. The Hall–Kier alpha value is -2.03. The van der Waals surface area contributed by atoms with Crippen LogP contribution in [0, 0.1) is 28.0 Å². The summed E-state index contributed by atoms with van der Waals surface area (Å²) in [6, 6.07) is 9.65. The molecular weight excluding hydrogens is 336 g/mol. The first kappa shape index (κ1) is 16.8. The van der Waals surface area contributed by atoms with Gasteiger partial charge in [-0.3, -0.25) is 4.79 Å². The van der Waals surface area contributed by atoms with Gasteiger partial charge in [-0.15, -0.1) is 11.3 Å². The van der Waals surface area contributed by atoms with Gasteiger partial charge in [0.2, 0.25) is 0 Å². The fourth-order valence-corrected chi connectivity index (χ4v) is 4.41. The quantitative estimate of drug-likeness (QED) is 0.769. The van der Waals surface area contributed by atoms with Crippen LogP contribution in [0.3, 0.4) is 0 Å². The number of carbonyl (C=O) groups excluding carboxylic acids is 1. The molecule has 5 heteroatoms. The highest BCUT2D eigenvalue weighted by Crippen LogP contribution is 2.36. The molecule has 1 heterocycles. The molecule has 1 amide bonds. The van der Waals surface area contributed by atoms with Gasteiger partial charge >= 0.3 is 0 Å². The molecule has 0 aliphatic heterocycles. The summed E-state index contributed by atoms with van der Waals surface area (Å²) in [5, 5.41) is 13.1. The van der Waals surface area contributed by atoms with Gasteiger partial charge in [0.1, 0.15) is 11.1 Å². The van der Waals surface area contributed by atoms with E-state index in [9.17, 15) is 10.1 Å². The number of nitrogens with zero attached hydrogens (tertiary/aromatic N) is 1. The lowest BCUT2D eigenvalue weighted by Crippen LogP contribution is -2.16. The zero-order chi connectivity index (χ0) is 17.3. The number of amides is 1. The van der Waals surface area contributed by atoms with Crippen molar-refractivity contribution in [3.05, 3.63) is 55.9 Å². The van der Waals surface area contributed by atoms with Gasteiger partial charge in [-0.05, 0) is 55.4 Å². The van der Waals surface area contributed by atoms with Crippen LogP contribution in [0.4, 0.5) is 5.00 Å². The lowest BCUT2D eigenvalue weighted by atomic mass is 9.85. The molecule has 0 bridgehead atoms. The van der Waals surface area contributed by atoms with E-state index in [0.29, 0.717) is 22.0 Å². The summed E-state index contributed by atoms with van der Waals surface area (Å²) in [4.78, 5) is 12.5. The smallest absolute Gasteiger partial charge is 0.256 e. The van der Waals surface area contributed by atoms with Gasteiger partial charge in [0.25, 0.3) is 5.91 Å². The minimum absolute atomic E-state index is 0.207. The van der Waals surface area contributed by atoms with Crippen molar-refractivity contribution in [2.45, 2.75) is 33.1 Å². The standard InChI is InChI=1S/C19H18N2OS2/c1-11-3-6-13(7-4-11)17(22)21-18-16(10-20)14-8-5-12(2)9-15(14)19(23)24-18/h3-4,6-7,12H,5,8-9H2,1-2H3,(H,21,22). The van der Waals surface area contributed by atoms with Crippen molar-refractivity contribution in [1.82, 2.24) is 0 Å². The Labute approximate surface area is 151 Å². The topological polar surface area (TPSA) is 52.9 Å². The highest BCUT2D eigenvalue weighted by atomic mass is 32.1. The summed E-state index contributed by atoms with van der Waals surface area (Å²) >= 11 is 6.86. The Morgan fingerprint density at radius 1 is 1.33 bits per heavy atom. The molecule has 1 aromatic heterocycles. The molecule has 0 spiro atoms. The molecule has 1 atom stereocenters. The lowest BCUT2D eigenvalue weighted by molar-refractivity contribution is 0.102. The van der Waals surface area contributed by atoms with E-state index >= 15 is 0 Å². The number of aryl methyl sites for hydroxylation is 1. The van der Waals surface area contributed by atoms with E-state index in [1.807, 2.05) is 19.1 Å². The van der Waals surface area contributed by atoms with E-state index in [1.165, 1.54) is 11.3 Å². The van der Waals surface area contributed by atoms with Crippen molar-refractivity contribution < 1.29 is 4.79 Å². The van der Waals surface area contributed by atoms with Gasteiger partial charge in [-0.1, -0.05) is 36.8 Å². The van der Waals surface area contributed by atoms with Crippen LogP contribution in [0.2, 0.25) is 0 Å². The molecule has 0 saturated carbocycles. The lowest BCUT2D eigenvalue weighted by Gasteiger charge is -2.23. The fourth-order valence-electron chi connectivity index (χ4n) is 3.03. The maximum Gasteiger partial charge on any atom is 0.256 e. The van der Waals surface area contributed by atoms with Gasteiger partial charge in [0, 0.05) is 5.56 Å². The highest BCUT2D eigenvalue weighted by Gasteiger charge is 2.23. The van der Waals surface area contributed by atoms with Crippen LogP contribution >= 0.6 is 23.6 Å². The average molecular weight is 355 g/mol. The molecule has 1 N–H and O–H groups in total. The van der Waals surface area contributed by atoms with Gasteiger partial charge < -0.3 is 5.32 Å². The number of nitrogens with one attached hydrogen (secondary N) is 1. The molecule has 0 radical (unpaired) electrons. The number of rotatable bonds is 2. The summed E-state index contributed by atoms with van der Waals surface area (Å²) in [5.41, 5.74) is 4.41. The number of fused-ring (bicyclic) bond motifs is 1. The second-order valence-electron chi connectivity index (χ2n) is 6.33. The van der Waals surface area contributed by atoms with E-state index in [1.54, 1.807) is 12.1 Å². The van der Waals surface area contributed by atoms with Crippen LogP contribution in [0.15, 0.2) is 24.3 Å². The Kier molecular flexibility index (Phi) is 4.79. The van der Waals surface area contributed by atoms with Crippen LogP contribution in [0.25, 0.3) is 0 Å². The molecule has 1 aliphatic carbocycles. The third-order valence-electron chi connectivity index (χ3n) is 4.43. The second-order valence-corrected chi connectivity index (χ2v) is 8.02. The van der Waals surface area contributed by atoms with Crippen LogP contribution in [0.5, 0.6) is 0 Å². The van der Waals surface area contributed by atoms with E-state index in [2.05, 4.69) is 18.3 Å². The van der Waals surface area contributed by atoms with Crippen molar-refractivity contribution in [2.24, 2.45) is 5.92 Å². The van der Waals surface area contributed by atoms with Gasteiger partial charge in [-0.2, -0.15) is 5.26 Å². The predicted octanol–water partition coefficient (Wildman–Crippen LogP) is 5.03. The first-order chi connectivity index (χ1) is 11.5. The third-order valence-corrected chi connectivity index (χ3v) is 5.87. The number of hydrogen-bond acceptors (Lipinski definition) is 4. The fraction of sp³-hybridized carbons (Fsp3) is 0.316. The molecule has 122 valence electrons. The monoisotopic (exact) mass is 354 g/mol. The molecular formula is C19H18N2OS2. The van der Waals surface area contributed by atoms with Gasteiger partial charge in [0.05, 0.1) is 9.39 Å². The summed E-state index contributed by atoms with van der Waals surface area (Å²) in [6.45, 7) is 4.19. The molecule has 2 aromatic rings. The number of nitriles is 1. The maximum absolute atomic E-state index is 12.5. The third kappa shape index (κ3) is 3.26. The molecule has 0 saturated heterocycles.